The average molecular weight is 229 g/mol. The summed E-state index contributed by atoms with van der Waals surface area (Å²) < 4.78 is 39.3. The standard InChI is InChI=1S/C11H10F3NO/c12-7-2-1-6(5-8(7)13)11(14)9-3-4-10(16)15-9/h1-2,5,9,11H,3-4H2,(H,15,16)/t9-,11+/m0/s1. The summed E-state index contributed by atoms with van der Waals surface area (Å²) in [4.78, 5) is 10.9. The molecule has 0 saturated carbocycles. The SMILES string of the molecule is O=C1CC[C@@H]([C@H](F)c2ccc(F)c(F)c2)N1. The van der Waals surface area contributed by atoms with Crippen molar-refractivity contribution in [3.05, 3.63) is 35.4 Å². The number of alkyl halides is 1. The summed E-state index contributed by atoms with van der Waals surface area (Å²) in [6.07, 6.45) is -0.852. The zero-order valence-corrected chi connectivity index (χ0v) is 8.34. The molecule has 1 heterocycles. The molecule has 1 N–H and O–H groups in total. The van der Waals surface area contributed by atoms with Crippen molar-refractivity contribution < 1.29 is 18.0 Å². The second-order valence-electron chi connectivity index (χ2n) is 3.79. The van der Waals surface area contributed by atoms with Crippen LogP contribution in [0.2, 0.25) is 0 Å². The first-order valence-corrected chi connectivity index (χ1v) is 4.96. The number of carbonyl (C=O) groups is 1. The Morgan fingerprint density at radius 1 is 1.31 bits per heavy atom. The zero-order chi connectivity index (χ0) is 11.7. The van der Waals surface area contributed by atoms with Crippen LogP contribution in [0.15, 0.2) is 18.2 Å². The van der Waals surface area contributed by atoms with Crippen molar-refractivity contribution in [1.82, 2.24) is 5.32 Å². The molecule has 1 aromatic rings. The zero-order valence-electron chi connectivity index (χ0n) is 8.34. The van der Waals surface area contributed by atoms with Crippen molar-refractivity contribution in [2.75, 3.05) is 0 Å². The predicted octanol–water partition coefficient (Wildman–Crippen LogP) is 2.25. The summed E-state index contributed by atoms with van der Waals surface area (Å²) in [5.74, 6) is -2.30. The number of hydrogen-bond acceptors (Lipinski definition) is 1. The number of nitrogens with one attached hydrogen (secondary N) is 1. The molecule has 0 radical (unpaired) electrons. The second kappa shape index (κ2) is 4.15. The lowest BCUT2D eigenvalue weighted by molar-refractivity contribution is -0.119. The number of carbonyl (C=O) groups excluding carboxylic acids is 1. The van der Waals surface area contributed by atoms with Gasteiger partial charge in [-0.05, 0) is 24.1 Å². The molecule has 5 heteroatoms. The van der Waals surface area contributed by atoms with Gasteiger partial charge in [-0.3, -0.25) is 4.79 Å². The average Bonchev–Trinajstić information content (AvgIpc) is 2.68. The molecule has 2 rings (SSSR count). The van der Waals surface area contributed by atoms with E-state index >= 15 is 0 Å². The lowest BCUT2D eigenvalue weighted by atomic mass is 10.0. The number of halogens is 3. The highest BCUT2D eigenvalue weighted by Gasteiger charge is 2.30. The maximum atomic E-state index is 13.8. The second-order valence-corrected chi connectivity index (χ2v) is 3.79. The molecule has 2 nitrogen and oxygen atoms in total. The van der Waals surface area contributed by atoms with Crippen LogP contribution in [0.3, 0.4) is 0 Å². The fourth-order valence-electron chi connectivity index (χ4n) is 1.77. The number of rotatable bonds is 2. The summed E-state index contributed by atoms with van der Waals surface area (Å²) in [7, 11) is 0. The van der Waals surface area contributed by atoms with Crippen LogP contribution in [0, 0.1) is 11.6 Å². The van der Waals surface area contributed by atoms with Crippen LogP contribution in [0.5, 0.6) is 0 Å². The van der Waals surface area contributed by atoms with Crippen LogP contribution in [-0.4, -0.2) is 11.9 Å². The molecular formula is C11H10F3NO. The largest absolute Gasteiger partial charge is 0.350 e. The Kier molecular flexibility index (Phi) is 2.85. The van der Waals surface area contributed by atoms with Crippen molar-refractivity contribution in [3.8, 4) is 0 Å². The first kappa shape index (κ1) is 11.0. The van der Waals surface area contributed by atoms with Gasteiger partial charge >= 0.3 is 0 Å². The van der Waals surface area contributed by atoms with E-state index in [1.807, 2.05) is 0 Å². The van der Waals surface area contributed by atoms with Crippen molar-refractivity contribution in [2.45, 2.75) is 25.1 Å². The van der Waals surface area contributed by atoms with Gasteiger partial charge in [0.15, 0.2) is 11.6 Å². The van der Waals surface area contributed by atoms with Gasteiger partial charge in [0.25, 0.3) is 0 Å². The van der Waals surface area contributed by atoms with E-state index in [0.717, 1.165) is 12.1 Å². The van der Waals surface area contributed by atoms with Gasteiger partial charge in [-0.2, -0.15) is 0 Å². The maximum Gasteiger partial charge on any atom is 0.220 e. The normalized spacial score (nSPS) is 21.9. The minimum absolute atomic E-state index is 0.0473. The Hall–Kier alpha value is -1.52. The Bertz CT molecular complexity index is 422. The summed E-state index contributed by atoms with van der Waals surface area (Å²) in [6.45, 7) is 0. The third-order valence-electron chi connectivity index (χ3n) is 2.64. The molecule has 1 amide bonds. The van der Waals surface area contributed by atoms with Crippen molar-refractivity contribution in [3.63, 3.8) is 0 Å². The lowest BCUT2D eigenvalue weighted by Crippen LogP contribution is -2.29. The molecule has 1 aliphatic rings. The monoisotopic (exact) mass is 229 g/mol. The number of benzene rings is 1. The highest BCUT2D eigenvalue weighted by atomic mass is 19.2. The van der Waals surface area contributed by atoms with Crippen LogP contribution in [-0.2, 0) is 4.79 Å². The van der Waals surface area contributed by atoms with Crippen LogP contribution in [0.1, 0.15) is 24.6 Å². The molecule has 0 unspecified atom stereocenters. The van der Waals surface area contributed by atoms with Crippen LogP contribution in [0.25, 0.3) is 0 Å². The smallest absolute Gasteiger partial charge is 0.220 e. The molecule has 16 heavy (non-hydrogen) atoms. The van der Waals surface area contributed by atoms with E-state index < -0.39 is 23.8 Å². The van der Waals surface area contributed by atoms with E-state index in [9.17, 15) is 18.0 Å². The van der Waals surface area contributed by atoms with Gasteiger partial charge in [0, 0.05) is 6.42 Å². The van der Waals surface area contributed by atoms with Crippen molar-refractivity contribution in [2.24, 2.45) is 0 Å². The third-order valence-corrected chi connectivity index (χ3v) is 2.64. The molecule has 0 bridgehead atoms. The van der Waals surface area contributed by atoms with Crippen LogP contribution in [0.4, 0.5) is 13.2 Å². The molecular weight excluding hydrogens is 219 g/mol. The Morgan fingerprint density at radius 3 is 2.62 bits per heavy atom. The summed E-state index contributed by atoms with van der Waals surface area (Å²) >= 11 is 0. The molecule has 0 aliphatic carbocycles. The quantitative estimate of drug-likeness (QED) is 0.828. The van der Waals surface area contributed by atoms with Gasteiger partial charge < -0.3 is 5.32 Å². The highest BCUT2D eigenvalue weighted by molar-refractivity contribution is 5.78. The van der Waals surface area contributed by atoms with Gasteiger partial charge in [0.1, 0.15) is 6.17 Å². The highest BCUT2D eigenvalue weighted by Crippen LogP contribution is 2.27. The molecule has 1 fully saturated rings. The Morgan fingerprint density at radius 2 is 2.06 bits per heavy atom. The molecule has 2 atom stereocenters. The Balaban J connectivity index is 2.17. The van der Waals surface area contributed by atoms with E-state index in [4.69, 9.17) is 0 Å². The fraction of sp³-hybridized carbons (Fsp3) is 0.364. The van der Waals surface area contributed by atoms with Gasteiger partial charge in [0.05, 0.1) is 6.04 Å². The molecule has 1 aliphatic heterocycles. The minimum Gasteiger partial charge on any atom is -0.350 e. The van der Waals surface area contributed by atoms with Crippen LogP contribution < -0.4 is 5.32 Å². The first-order chi connectivity index (χ1) is 7.58. The van der Waals surface area contributed by atoms with Crippen LogP contribution >= 0.6 is 0 Å². The van der Waals surface area contributed by atoms with E-state index in [-0.39, 0.29) is 17.9 Å². The fourth-order valence-corrected chi connectivity index (χ4v) is 1.77. The summed E-state index contributed by atoms with van der Waals surface area (Å²) in [5.41, 5.74) is 0.0473. The number of hydrogen-bond donors (Lipinski definition) is 1. The van der Waals surface area contributed by atoms with E-state index in [0.29, 0.717) is 6.42 Å². The van der Waals surface area contributed by atoms with E-state index in [2.05, 4.69) is 5.32 Å². The summed E-state index contributed by atoms with van der Waals surface area (Å²) in [6, 6.07) is 2.25. The van der Waals surface area contributed by atoms with Crippen molar-refractivity contribution >= 4 is 5.91 Å². The van der Waals surface area contributed by atoms with Crippen molar-refractivity contribution in [1.29, 1.82) is 0 Å². The minimum atomic E-state index is -1.50. The van der Waals surface area contributed by atoms with Gasteiger partial charge in [-0.15, -0.1) is 0 Å². The van der Waals surface area contributed by atoms with Gasteiger partial charge in [-0.25, -0.2) is 13.2 Å². The van der Waals surface area contributed by atoms with Gasteiger partial charge in [0.2, 0.25) is 5.91 Å². The molecule has 0 spiro atoms. The third kappa shape index (κ3) is 2.03. The summed E-state index contributed by atoms with van der Waals surface area (Å²) in [5, 5.41) is 2.46. The lowest BCUT2D eigenvalue weighted by Gasteiger charge is -2.15. The van der Waals surface area contributed by atoms with E-state index in [1.54, 1.807) is 0 Å². The number of amides is 1. The molecule has 1 saturated heterocycles. The maximum absolute atomic E-state index is 13.8. The predicted molar refractivity (Wildman–Crippen MR) is 51.4 cm³/mol. The first-order valence-electron chi connectivity index (χ1n) is 4.96. The molecule has 86 valence electrons. The Labute approximate surface area is 90.5 Å². The van der Waals surface area contributed by atoms with E-state index in [1.165, 1.54) is 6.07 Å². The van der Waals surface area contributed by atoms with Gasteiger partial charge in [-0.1, -0.05) is 6.07 Å². The molecule has 1 aromatic carbocycles. The molecule has 0 aromatic heterocycles. The topological polar surface area (TPSA) is 29.1 Å².